The second-order valence-electron chi connectivity index (χ2n) is 4.45. The Morgan fingerprint density at radius 2 is 1.26 bits per heavy atom. The normalized spacial score (nSPS) is 14.2. The lowest BCUT2D eigenvalue weighted by Crippen LogP contribution is -2.50. The van der Waals surface area contributed by atoms with Gasteiger partial charge in [-0.1, -0.05) is 12.4 Å². The first-order chi connectivity index (χ1) is 10.1. The number of halogens is 10. The standard InChI is InChI=1S/C11H6BF10N/c12-3-4-1-5(2-6(7(4)23)9(14,15)16)8(13,10(17,18)19)11(20,21)22/h1-2H,3,23H2. The van der Waals surface area contributed by atoms with Gasteiger partial charge in [0.25, 0.3) is 0 Å². The van der Waals surface area contributed by atoms with E-state index in [2.05, 4.69) is 0 Å². The van der Waals surface area contributed by atoms with Crippen LogP contribution in [-0.4, -0.2) is 20.2 Å². The zero-order chi connectivity index (χ0) is 18.4. The van der Waals surface area contributed by atoms with Gasteiger partial charge in [-0.25, -0.2) is 4.39 Å². The van der Waals surface area contributed by atoms with Gasteiger partial charge in [-0.05, 0) is 11.6 Å². The Hall–Kier alpha value is -1.62. The smallest absolute Gasteiger partial charge is 0.398 e. The average molecular weight is 353 g/mol. The number of alkyl halides is 10. The third kappa shape index (κ3) is 3.20. The van der Waals surface area contributed by atoms with Crippen molar-refractivity contribution in [2.24, 2.45) is 0 Å². The minimum atomic E-state index is -6.55. The summed E-state index contributed by atoms with van der Waals surface area (Å²) in [6.07, 6.45) is -19.4. The van der Waals surface area contributed by atoms with Crippen LogP contribution in [0.3, 0.4) is 0 Å². The molecule has 0 unspecified atom stereocenters. The van der Waals surface area contributed by atoms with E-state index in [9.17, 15) is 43.9 Å². The first-order valence-electron chi connectivity index (χ1n) is 5.59. The molecule has 0 fully saturated rings. The minimum Gasteiger partial charge on any atom is -0.398 e. The maximum absolute atomic E-state index is 13.9. The molecule has 0 aliphatic rings. The third-order valence-electron chi connectivity index (χ3n) is 2.97. The molecule has 2 N–H and O–H groups in total. The van der Waals surface area contributed by atoms with Crippen molar-refractivity contribution < 1.29 is 43.9 Å². The Balaban J connectivity index is 3.83. The molecule has 12 heteroatoms. The monoisotopic (exact) mass is 353 g/mol. The number of nitrogen functional groups attached to an aromatic ring is 1. The lowest BCUT2D eigenvalue weighted by molar-refractivity contribution is -0.348. The van der Waals surface area contributed by atoms with Crippen LogP contribution in [0.4, 0.5) is 49.6 Å². The highest BCUT2D eigenvalue weighted by atomic mass is 19.4. The predicted octanol–water partition coefficient (Wildman–Crippen LogP) is 4.25. The molecule has 0 aliphatic heterocycles. The summed E-state index contributed by atoms with van der Waals surface area (Å²) >= 11 is 0. The lowest BCUT2D eigenvalue weighted by Gasteiger charge is -2.31. The van der Waals surface area contributed by atoms with Crippen LogP contribution in [-0.2, 0) is 18.2 Å². The topological polar surface area (TPSA) is 26.0 Å². The van der Waals surface area contributed by atoms with Crippen molar-refractivity contribution in [3.05, 3.63) is 28.8 Å². The quantitative estimate of drug-likeness (QED) is 0.480. The van der Waals surface area contributed by atoms with Crippen molar-refractivity contribution in [1.82, 2.24) is 0 Å². The van der Waals surface area contributed by atoms with Crippen molar-refractivity contribution in [2.45, 2.75) is 30.5 Å². The summed E-state index contributed by atoms with van der Waals surface area (Å²) in [5.41, 5.74) is -7.37. The second-order valence-corrected chi connectivity index (χ2v) is 4.45. The minimum absolute atomic E-state index is 0.0778. The highest BCUT2D eigenvalue weighted by molar-refractivity contribution is 6.08. The molecule has 0 spiro atoms. The summed E-state index contributed by atoms with van der Waals surface area (Å²) in [6.45, 7) is 0. The Kier molecular flexibility index (Phi) is 4.63. The molecule has 0 saturated carbocycles. The summed E-state index contributed by atoms with van der Waals surface area (Å²) in [7, 11) is 4.96. The first kappa shape index (κ1) is 19.4. The lowest BCUT2D eigenvalue weighted by atomic mass is 9.86. The molecule has 0 amide bonds. The molecule has 128 valence electrons. The molecule has 23 heavy (non-hydrogen) atoms. The molecule has 0 atom stereocenters. The van der Waals surface area contributed by atoms with E-state index in [4.69, 9.17) is 13.6 Å². The van der Waals surface area contributed by atoms with Crippen LogP contribution in [0, 0.1) is 0 Å². The Labute approximate surface area is 123 Å². The summed E-state index contributed by atoms with van der Waals surface area (Å²) < 4.78 is 128. The number of rotatable bonds is 2. The number of hydrogen-bond acceptors (Lipinski definition) is 1. The van der Waals surface area contributed by atoms with Gasteiger partial charge in [0.15, 0.2) is 0 Å². The zero-order valence-corrected chi connectivity index (χ0v) is 10.8. The van der Waals surface area contributed by atoms with E-state index in [1.807, 2.05) is 0 Å². The average Bonchev–Trinajstić information content (AvgIpc) is 2.33. The van der Waals surface area contributed by atoms with Gasteiger partial charge in [0.2, 0.25) is 0 Å². The molecule has 1 rings (SSSR count). The van der Waals surface area contributed by atoms with E-state index in [1.54, 1.807) is 0 Å². The molecular weight excluding hydrogens is 347 g/mol. The molecule has 2 radical (unpaired) electrons. The fraction of sp³-hybridized carbons (Fsp3) is 0.455. The van der Waals surface area contributed by atoms with Gasteiger partial charge in [-0.15, -0.1) is 0 Å². The molecule has 0 aliphatic carbocycles. The predicted molar refractivity (Wildman–Crippen MR) is 60.2 cm³/mol. The van der Waals surface area contributed by atoms with Crippen molar-refractivity contribution in [2.75, 3.05) is 5.73 Å². The SMILES string of the molecule is [B]Cc1cc(C(F)(C(F)(F)F)C(F)(F)F)cc(C(F)(F)F)c1N. The largest absolute Gasteiger partial charge is 0.435 e. The molecule has 1 aromatic carbocycles. The van der Waals surface area contributed by atoms with Crippen molar-refractivity contribution in [3.63, 3.8) is 0 Å². The maximum atomic E-state index is 13.9. The molecule has 0 heterocycles. The van der Waals surface area contributed by atoms with Gasteiger partial charge in [0.05, 0.1) is 13.4 Å². The number of anilines is 1. The van der Waals surface area contributed by atoms with E-state index in [0.29, 0.717) is 0 Å². The van der Waals surface area contributed by atoms with Gasteiger partial charge < -0.3 is 5.73 Å². The Morgan fingerprint density at radius 3 is 1.57 bits per heavy atom. The van der Waals surface area contributed by atoms with Gasteiger partial charge in [-0.3, -0.25) is 0 Å². The van der Waals surface area contributed by atoms with Gasteiger partial charge in [0.1, 0.15) is 0 Å². The van der Waals surface area contributed by atoms with Gasteiger partial charge in [-0.2, -0.15) is 39.5 Å². The highest BCUT2D eigenvalue weighted by Gasteiger charge is 2.73. The molecular formula is C11H6BF10N. The molecule has 1 nitrogen and oxygen atoms in total. The van der Waals surface area contributed by atoms with Crippen LogP contribution in [0.1, 0.15) is 16.7 Å². The molecule has 0 aromatic heterocycles. The maximum Gasteiger partial charge on any atom is 0.435 e. The van der Waals surface area contributed by atoms with Crippen molar-refractivity contribution in [1.29, 1.82) is 0 Å². The highest BCUT2D eigenvalue weighted by Crippen LogP contribution is 2.54. The van der Waals surface area contributed by atoms with Gasteiger partial charge >= 0.3 is 24.2 Å². The Morgan fingerprint density at radius 1 is 0.826 bits per heavy atom. The van der Waals surface area contributed by atoms with Crippen LogP contribution < -0.4 is 5.73 Å². The molecule has 0 bridgehead atoms. The first-order valence-corrected chi connectivity index (χ1v) is 5.59. The van der Waals surface area contributed by atoms with E-state index in [1.165, 1.54) is 0 Å². The third-order valence-corrected chi connectivity index (χ3v) is 2.97. The van der Waals surface area contributed by atoms with E-state index >= 15 is 0 Å². The second kappa shape index (κ2) is 5.48. The summed E-state index contributed by atoms with van der Waals surface area (Å²) in [5, 5.41) is 0. The van der Waals surface area contributed by atoms with Gasteiger partial charge in [0, 0.05) is 11.3 Å². The number of nitrogens with two attached hydrogens (primary N) is 1. The van der Waals surface area contributed by atoms with Crippen LogP contribution in [0.25, 0.3) is 0 Å². The number of hydrogen-bond donors (Lipinski definition) is 1. The van der Waals surface area contributed by atoms with E-state index < -0.39 is 59.0 Å². The summed E-state index contributed by atoms with van der Waals surface area (Å²) in [6, 6.07) is -0.693. The zero-order valence-electron chi connectivity index (χ0n) is 10.8. The molecule has 0 saturated heterocycles. The number of benzene rings is 1. The van der Waals surface area contributed by atoms with Crippen LogP contribution in [0.15, 0.2) is 12.1 Å². The van der Waals surface area contributed by atoms with Crippen LogP contribution in [0.2, 0.25) is 0 Å². The van der Waals surface area contributed by atoms with Crippen LogP contribution >= 0.6 is 0 Å². The fourth-order valence-electron chi connectivity index (χ4n) is 1.80. The van der Waals surface area contributed by atoms with Crippen molar-refractivity contribution >= 4 is 13.5 Å². The fourth-order valence-corrected chi connectivity index (χ4v) is 1.80. The summed E-state index contributed by atoms with van der Waals surface area (Å²) in [4.78, 5) is 0. The Bertz CT molecular complexity index is 572. The van der Waals surface area contributed by atoms with Crippen LogP contribution in [0.5, 0.6) is 0 Å². The summed E-state index contributed by atoms with van der Waals surface area (Å²) in [5.74, 6) is 0. The molecule has 1 aromatic rings. The van der Waals surface area contributed by atoms with E-state index in [-0.39, 0.29) is 6.07 Å². The van der Waals surface area contributed by atoms with Crippen molar-refractivity contribution in [3.8, 4) is 0 Å². The van der Waals surface area contributed by atoms with E-state index in [0.717, 1.165) is 0 Å².